The minimum Gasteiger partial charge on any atom is -0.481 e. The molecule has 2 aliphatic rings. The highest BCUT2D eigenvalue weighted by Gasteiger charge is 2.49. The Morgan fingerprint density at radius 3 is 2.79 bits per heavy atom. The molecule has 2 aromatic rings. The molecule has 0 radical (unpaired) electrons. The molecule has 29 heavy (non-hydrogen) atoms. The van der Waals surface area contributed by atoms with Crippen LogP contribution in [0.3, 0.4) is 0 Å². The fourth-order valence-electron chi connectivity index (χ4n) is 4.81. The molecule has 4 rings (SSSR count). The molecule has 2 aliphatic heterocycles. The maximum atomic E-state index is 14.0. The number of carbonyl (C=O) groups excluding carboxylic acids is 1. The van der Waals surface area contributed by atoms with Crippen LogP contribution >= 0.6 is 0 Å². The average Bonchev–Trinajstić information content (AvgIpc) is 3.24. The minimum absolute atomic E-state index is 0.0193. The standard InChI is InChI=1S/C22H27FN4O2/c1-25(2)22(28)27-13-17-12-26(11-16-7-5-9-24-21(16)29-3)14-19(17)20(27)15-6-4-8-18(23)10-15/h4-10,17,19-20H,11-14H2,1-3H3/t17-,19-,20-/m1/s1. The summed E-state index contributed by atoms with van der Waals surface area (Å²) in [6, 6.07) is 10.5. The number of urea groups is 1. The lowest BCUT2D eigenvalue weighted by Crippen LogP contribution is -2.41. The lowest BCUT2D eigenvalue weighted by Gasteiger charge is -2.32. The van der Waals surface area contributed by atoms with Gasteiger partial charge in [0.2, 0.25) is 5.88 Å². The van der Waals surface area contributed by atoms with Gasteiger partial charge in [-0.15, -0.1) is 0 Å². The third-order valence-electron chi connectivity index (χ3n) is 6.00. The molecule has 0 bridgehead atoms. The number of ether oxygens (including phenoxy) is 1. The molecule has 7 heteroatoms. The van der Waals surface area contributed by atoms with E-state index in [1.54, 1.807) is 44.4 Å². The van der Waals surface area contributed by atoms with Crippen molar-refractivity contribution in [2.45, 2.75) is 12.6 Å². The molecule has 3 atom stereocenters. The number of fused-ring (bicyclic) bond motifs is 1. The number of pyridine rings is 1. The maximum Gasteiger partial charge on any atom is 0.320 e. The molecule has 0 unspecified atom stereocenters. The number of hydrogen-bond donors (Lipinski definition) is 0. The van der Waals surface area contributed by atoms with E-state index in [9.17, 15) is 9.18 Å². The number of aromatic nitrogens is 1. The molecule has 3 heterocycles. The molecule has 0 spiro atoms. The van der Waals surface area contributed by atoms with Crippen molar-refractivity contribution in [2.24, 2.45) is 11.8 Å². The molecule has 0 N–H and O–H groups in total. The fraction of sp³-hybridized carbons (Fsp3) is 0.455. The number of nitrogens with zero attached hydrogens (tertiary/aromatic N) is 4. The minimum atomic E-state index is -0.266. The number of methoxy groups -OCH3 is 1. The lowest BCUT2D eigenvalue weighted by molar-refractivity contribution is 0.151. The zero-order chi connectivity index (χ0) is 20.5. The van der Waals surface area contributed by atoms with Crippen molar-refractivity contribution in [3.05, 3.63) is 59.5 Å². The zero-order valence-electron chi connectivity index (χ0n) is 17.1. The molecule has 1 aromatic carbocycles. The highest BCUT2D eigenvalue weighted by Crippen LogP contribution is 2.45. The van der Waals surface area contributed by atoms with Gasteiger partial charge in [0.15, 0.2) is 0 Å². The molecule has 6 nitrogen and oxygen atoms in total. The Bertz CT molecular complexity index is 891. The van der Waals surface area contributed by atoms with Gasteiger partial charge >= 0.3 is 6.03 Å². The molecular formula is C22H27FN4O2. The van der Waals surface area contributed by atoms with E-state index in [0.717, 1.165) is 30.8 Å². The first-order chi connectivity index (χ1) is 14.0. The van der Waals surface area contributed by atoms with Gasteiger partial charge < -0.3 is 14.5 Å². The summed E-state index contributed by atoms with van der Waals surface area (Å²) in [4.78, 5) is 23.0. The van der Waals surface area contributed by atoms with E-state index in [2.05, 4.69) is 9.88 Å². The van der Waals surface area contributed by atoms with Gasteiger partial charge in [0.25, 0.3) is 0 Å². The molecule has 2 fully saturated rings. The van der Waals surface area contributed by atoms with Crippen molar-refractivity contribution < 1.29 is 13.9 Å². The predicted molar refractivity (Wildman–Crippen MR) is 108 cm³/mol. The molecule has 2 amide bonds. The van der Waals surface area contributed by atoms with E-state index in [4.69, 9.17) is 4.74 Å². The van der Waals surface area contributed by atoms with E-state index < -0.39 is 0 Å². The quantitative estimate of drug-likeness (QED) is 0.795. The van der Waals surface area contributed by atoms with Crippen LogP contribution in [0.1, 0.15) is 17.2 Å². The van der Waals surface area contributed by atoms with Crippen LogP contribution in [0.4, 0.5) is 9.18 Å². The van der Waals surface area contributed by atoms with Crippen LogP contribution in [0, 0.1) is 17.7 Å². The van der Waals surface area contributed by atoms with E-state index in [-0.39, 0.29) is 23.8 Å². The molecule has 2 saturated heterocycles. The van der Waals surface area contributed by atoms with Crippen molar-refractivity contribution in [2.75, 3.05) is 40.8 Å². The summed E-state index contributed by atoms with van der Waals surface area (Å²) in [7, 11) is 5.16. The van der Waals surface area contributed by atoms with Crippen molar-refractivity contribution in [1.82, 2.24) is 19.7 Å². The Balaban J connectivity index is 1.58. The van der Waals surface area contributed by atoms with Crippen molar-refractivity contribution in [3.8, 4) is 5.88 Å². The maximum absolute atomic E-state index is 14.0. The summed E-state index contributed by atoms with van der Waals surface area (Å²) in [5, 5.41) is 0. The van der Waals surface area contributed by atoms with Gasteiger partial charge in [-0.3, -0.25) is 4.90 Å². The topological polar surface area (TPSA) is 48.9 Å². The number of carbonyl (C=O) groups is 1. The van der Waals surface area contributed by atoms with Crippen molar-refractivity contribution in [1.29, 1.82) is 0 Å². The predicted octanol–water partition coefficient (Wildman–Crippen LogP) is 3.02. The second-order valence-electron chi connectivity index (χ2n) is 8.12. The highest BCUT2D eigenvalue weighted by molar-refractivity contribution is 5.75. The van der Waals surface area contributed by atoms with Crippen LogP contribution < -0.4 is 4.74 Å². The second kappa shape index (κ2) is 7.99. The van der Waals surface area contributed by atoms with Gasteiger partial charge in [-0.1, -0.05) is 18.2 Å². The Morgan fingerprint density at radius 1 is 1.24 bits per heavy atom. The van der Waals surface area contributed by atoms with Crippen LogP contribution in [0.15, 0.2) is 42.6 Å². The van der Waals surface area contributed by atoms with Gasteiger partial charge in [0.05, 0.1) is 13.2 Å². The Hall–Kier alpha value is -2.67. The second-order valence-corrected chi connectivity index (χ2v) is 8.12. The van der Waals surface area contributed by atoms with Crippen LogP contribution in [0.25, 0.3) is 0 Å². The summed E-state index contributed by atoms with van der Waals surface area (Å²) in [6.07, 6.45) is 1.73. The van der Waals surface area contributed by atoms with Crippen LogP contribution in [0.2, 0.25) is 0 Å². The van der Waals surface area contributed by atoms with Gasteiger partial charge in [-0.25, -0.2) is 14.2 Å². The molecule has 154 valence electrons. The Labute approximate surface area is 170 Å². The van der Waals surface area contributed by atoms with Crippen molar-refractivity contribution in [3.63, 3.8) is 0 Å². The number of rotatable bonds is 4. The van der Waals surface area contributed by atoms with Crippen molar-refractivity contribution >= 4 is 6.03 Å². The first kappa shape index (κ1) is 19.6. The summed E-state index contributed by atoms with van der Waals surface area (Å²) in [5.41, 5.74) is 1.92. The normalized spacial score (nSPS) is 23.9. The number of hydrogen-bond acceptors (Lipinski definition) is 4. The van der Waals surface area contributed by atoms with E-state index >= 15 is 0 Å². The summed E-state index contributed by atoms with van der Waals surface area (Å²) in [6.45, 7) is 3.18. The summed E-state index contributed by atoms with van der Waals surface area (Å²) < 4.78 is 19.3. The number of benzene rings is 1. The van der Waals surface area contributed by atoms with E-state index in [1.807, 2.05) is 23.1 Å². The van der Waals surface area contributed by atoms with E-state index in [0.29, 0.717) is 18.3 Å². The van der Waals surface area contributed by atoms with Gasteiger partial charge in [-0.2, -0.15) is 0 Å². The average molecular weight is 398 g/mol. The van der Waals surface area contributed by atoms with Crippen LogP contribution in [0.5, 0.6) is 5.88 Å². The smallest absolute Gasteiger partial charge is 0.320 e. The summed E-state index contributed by atoms with van der Waals surface area (Å²) >= 11 is 0. The summed E-state index contributed by atoms with van der Waals surface area (Å²) in [5.74, 6) is 1.01. The molecule has 0 saturated carbocycles. The Morgan fingerprint density at radius 2 is 2.07 bits per heavy atom. The molecular weight excluding hydrogens is 371 g/mol. The van der Waals surface area contributed by atoms with Gasteiger partial charge in [0, 0.05) is 58.0 Å². The molecule has 1 aromatic heterocycles. The van der Waals surface area contributed by atoms with Gasteiger partial charge in [0.1, 0.15) is 5.82 Å². The zero-order valence-corrected chi connectivity index (χ0v) is 17.1. The third kappa shape index (κ3) is 3.79. The number of likely N-dealkylation sites (tertiary alicyclic amines) is 2. The molecule has 0 aliphatic carbocycles. The SMILES string of the molecule is COc1ncccc1CN1C[C@@H]2CN(C(=O)N(C)C)[C@H](c3cccc(F)c3)[C@@H]2C1. The monoisotopic (exact) mass is 398 g/mol. The number of halogens is 1. The van der Waals surface area contributed by atoms with Crippen LogP contribution in [-0.2, 0) is 6.54 Å². The fourth-order valence-corrected chi connectivity index (χ4v) is 4.81. The first-order valence-electron chi connectivity index (χ1n) is 9.91. The number of amides is 2. The van der Waals surface area contributed by atoms with Gasteiger partial charge in [-0.05, 0) is 29.7 Å². The third-order valence-corrected chi connectivity index (χ3v) is 6.00. The first-order valence-corrected chi connectivity index (χ1v) is 9.91. The largest absolute Gasteiger partial charge is 0.481 e. The highest BCUT2D eigenvalue weighted by atomic mass is 19.1. The Kier molecular flexibility index (Phi) is 5.41. The van der Waals surface area contributed by atoms with E-state index in [1.165, 1.54) is 6.07 Å². The lowest BCUT2D eigenvalue weighted by atomic mass is 9.89. The van der Waals surface area contributed by atoms with Crippen LogP contribution in [-0.4, -0.2) is 66.6 Å².